The van der Waals surface area contributed by atoms with Crippen molar-refractivity contribution in [1.82, 2.24) is 10.2 Å². The molecule has 0 aromatic carbocycles. The van der Waals surface area contributed by atoms with Gasteiger partial charge in [0, 0.05) is 13.1 Å². The summed E-state index contributed by atoms with van der Waals surface area (Å²) in [5.41, 5.74) is 0. The molecule has 3 heteroatoms. The van der Waals surface area contributed by atoms with E-state index in [1.165, 1.54) is 19.3 Å². The number of amides is 1. The van der Waals surface area contributed by atoms with Crippen LogP contribution in [0.4, 0.5) is 0 Å². The third-order valence-electron chi connectivity index (χ3n) is 2.86. The van der Waals surface area contributed by atoms with Crippen LogP contribution in [0.5, 0.6) is 0 Å². The highest BCUT2D eigenvalue weighted by Crippen LogP contribution is 2.20. The first-order valence-corrected chi connectivity index (χ1v) is 5.76. The molecule has 1 atom stereocenters. The fourth-order valence-electron chi connectivity index (χ4n) is 2.05. The summed E-state index contributed by atoms with van der Waals surface area (Å²) < 4.78 is 0. The van der Waals surface area contributed by atoms with Gasteiger partial charge in [-0.1, -0.05) is 20.3 Å². The Balaban J connectivity index is 2.23. The Morgan fingerprint density at radius 3 is 2.93 bits per heavy atom. The van der Waals surface area contributed by atoms with E-state index in [1.807, 2.05) is 11.8 Å². The molecule has 14 heavy (non-hydrogen) atoms. The summed E-state index contributed by atoms with van der Waals surface area (Å²) in [7, 11) is 0. The third-order valence-corrected chi connectivity index (χ3v) is 2.86. The van der Waals surface area contributed by atoms with Gasteiger partial charge in [-0.3, -0.25) is 4.79 Å². The molecule has 0 aromatic rings. The lowest BCUT2D eigenvalue weighted by atomic mass is 10.0. The van der Waals surface area contributed by atoms with Gasteiger partial charge in [-0.05, 0) is 25.3 Å². The van der Waals surface area contributed by atoms with Gasteiger partial charge in [-0.25, -0.2) is 0 Å². The molecule has 1 aliphatic rings. The molecule has 0 aliphatic carbocycles. The van der Waals surface area contributed by atoms with Crippen molar-refractivity contribution in [2.24, 2.45) is 5.92 Å². The van der Waals surface area contributed by atoms with E-state index in [0.29, 0.717) is 6.54 Å². The second kappa shape index (κ2) is 6.02. The molecule has 0 aromatic heterocycles. The smallest absolute Gasteiger partial charge is 0.236 e. The summed E-state index contributed by atoms with van der Waals surface area (Å²) in [6.07, 6.45) is 3.70. The number of likely N-dealkylation sites (tertiary alicyclic amines) is 1. The molecule has 1 unspecified atom stereocenters. The van der Waals surface area contributed by atoms with Gasteiger partial charge in [0.25, 0.3) is 0 Å². The van der Waals surface area contributed by atoms with Crippen LogP contribution in [0.15, 0.2) is 0 Å². The van der Waals surface area contributed by atoms with Crippen LogP contribution in [-0.4, -0.2) is 37.0 Å². The van der Waals surface area contributed by atoms with Gasteiger partial charge in [0.15, 0.2) is 0 Å². The summed E-state index contributed by atoms with van der Waals surface area (Å²) in [5, 5.41) is 3.08. The lowest BCUT2D eigenvalue weighted by molar-refractivity contribution is -0.129. The van der Waals surface area contributed by atoms with E-state index >= 15 is 0 Å². The highest BCUT2D eigenvalue weighted by atomic mass is 16.2. The first-order valence-electron chi connectivity index (χ1n) is 5.76. The molecule has 1 N–H and O–H groups in total. The fourth-order valence-corrected chi connectivity index (χ4v) is 2.05. The summed E-state index contributed by atoms with van der Waals surface area (Å²) >= 11 is 0. The molecular weight excluding hydrogens is 176 g/mol. The first kappa shape index (κ1) is 11.5. The maximum atomic E-state index is 11.6. The highest BCUT2D eigenvalue weighted by Gasteiger charge is 2.24. The van der Waals surface area contributed by atoms with Crippen LogP contribution in [0.25, 0.3) is 0 Å². The summed E-state index contributed by atoms with van der Waals surface area (Å²) in [6.45, 7) is 7.57. The van der Waals surface area contributed by atoms with Gasteiger partial charge in [0.05, 0.1) is 6.54 Å². The second-order valence-electron chi connectivity index (χ2n) is 4.06. The Labute approximate surface area is 86.9 Å². The Kier molecular flexibility index (Phi) is 4.94. The fraction of sp³-hybridized carbons (Fsp3) is 0.909. The summed E-state index contributed by atoms with van der Waals surface area (Å²) in [5.74, 6) is 1.02. The molecule has 3 nitrogen and oxygen atoms in total. The molecule has 1 amide bonds. The Hall–Kier alpha value is -0.570. The van der Waals surface area contributed by atoms with Crippen LogP contribution in [0, 0.1) is 5.92 Å². The van der Waals surface area contributed by atoms with Crippen molar-refractivity contribution in [3.05, 3.63) is 0 Å². The minimum atomic E-state index is 0.269. The molecular formula is C11H22N2O. The lowest BCUT2D eigenvalue weighted by Gasteiger charge is -2.16. The van der Waals surface area contributed by atoms with Gasteiger partial charge < -0.3 is 10.2 Å². The van der Waals surface area contributed by atoms with Crippen LogP contribution in [0.1, 0.15) is 33.1 Å². The normalized spacial score (nSPS) is 21.6. The Morgan fingerprint density at radius 2 is 2.29 bits per heavy atom. The van der Waals surface area contributed by atoms with Gasteiger partial charge in [-0.2, -0.15) is 0 Å². The molecule has 1 aliphatic heterocycles. The standard InChI is InChI=1S/C11H22N2O/c1-3-5-10-6-7-13(9-10)11(14)8-12-4-2/h10,12H,3-9H2,1-2H3. The number of carbonyl (C=O) groups is 1. The number of hydrogen-bond acceptors (Lipinski definition) is 2. The predicted octanol–water partition coefficient (Wildman–Crippen LogP) is 1.24. The number of nitrogens with one attached hydrogen (secondary N) is 1. The maximum absolute atomic E-state index is 11.6. The van der Waals surface area contributed by atoms with Crippen molar-refractivity contribution >= 4 is 5.91 Å². The molecule has 1 rings (SSSR count). The average molecular weight is 198 g/mol. The van der Waals surface area contributed by atoms with E-state index in [1.54, 1.807) is 0 Å². The van der Waals surface area contributed by atoms with Gasteiger partial charge in [0.1, 0.15) is 0 Å². The number of carbonyl (C=O) groups excluding carboxylic acids is 1. The van der Waals surface area contributed by atoms with Gasteiger partial charge in [0.2, 0.25) is 5.91 Å². The van der Waals surface area contributed by atoms with Crippen LogP contribution < -0.4 is 5.32 Å². The average Bonchev–Trinajstić information content (AvgIpc) is 2.63. The Morgan fingerprint density at radius 1 is 1.50 bits per heavy atom. The molecule has 0 spiro atoms. The summed E-state index contributed by atoms with van der Waals surface area (Å²) in [6, 6.07) is 0. The number of nitrogens with zero attached hydrogens (tertiary/aromatic N) is 1. The Bertz CT molecular complexity index is 182. The van der Waals surface area contributed by atoms with Gasteiger partial charge >= 0.3 is 0 Å². The molecule has 1 heterocycles. The lowest BCUT2D eigenvalue weighted by Crippen LogP contribution is -2.36. The van der Waals surface area contributed by atoms with Crippen molar-refractivity contribution in [3.63, 3.8) is 0 Å². The van der Waals surface area contributed by atoms with E-state index in [9.17, 15) is 4.79 Å². The quantitative estimate of drug-likeness (QED) is 0.721. The molecule has 0 saturated carbocycles. The molecule has 1 saturated heterocycles. The van der Waals surface area contributed by atoms with Crippen molar-refractivity contribution < 1.29 is 4.79 Å². The zero-order valence-corrected chi connectivity index (χ0v) is 9.38. The predicted molar refractivity (Wildman–Crippen MR) is 58.1 cm³/mol. The molecule has 0 bridgehead atoms. The number of rotatable bonds is 5. The number of hydrogen-bond donors (Lipinski definition) is 1. The van der Waals surface area contributed by atoms with Crippen molar-refractivity contribution in [1.29, 1.82) is 0 Å². The van der Waals surface area contributed by atoms with Crippen LogP contribution in [-0.2, 0) is 4.79 Å². The van der Waals surface area contributed by atoms with Crippen molar-refractivity contribution in [3.8, 4) is 0 Å². The van der Waals surface area contributed by atoms with Crippen molar-refractivity contribution in [2.75, 3.05) is 26.2 Å². The molecule has 82 valence electrons. The minimum absolute atomic E-state index is 0.269. The molecule has 0 radical (unpaired) electrons. The van der Waals surface area contributed by atoms with Crippen LogP contribution >= 0.6 is 0 Å². The van der Waals surface area contributed by atoms with Crippen LogP contribution in [0.2, 0.25) is 0 Å². The van der Waals surface area contributed by atoms with E-state index < -0.39 is 0 Å². The SMILES string of the molecule is CCCC1CCN(C(=O)CNCC)C1. The van der Waals surface area contributed by atoms with E-state index in [0.717, 1.165) is 25.6 Å². The monoisotopic (exact) mass is 198 g/mol. The first-order chi connectivity index (χ1) is 6.77. The van der Waals surface area contributed by atoms with E-state index in [-0.39, 0.29) is 5.91 Å². The zero-order chi connectivity index (χ0) is 10.4. The summed E-state index contributed by atoms with van der Waals surface area (Å²) in [4.78, 5) is 13.6. The van der Waals surface area contributed by atoms with Crippen molar-refractivity contribution in [2.45, 2.75) is 33.1 Å². The third kappa shape index (κ3) is 3.29. The highest BCUT2D eigenvalue weighted by molar-refractivity contribution is 5.78. The minimum Gasteiger partial charge on any atom is -0.341 e. The van der Waals surface area contributed by atoms with Crippen LogP contribution in [0.3, 0.4) is 0 Å². The maximum Gasteiger partial charge on any atom is 0.236 e. The van der Waals surface area contributed by atoms with E-state index in [4.69, 9.17) is 0 Å². The molecule has 1 fully saturated rings. The second-order valence-corrected chi connectivity index (χ2v) is 4.06. The number of likely N-dealkylation sites (N-methyl/N-ethyl adjacent to an activating group) is 1. The van der Waals surface area contributed by atoms with E-state index in [2.05, 4.69) is 12.2 Å². The zero-order valence-electron chi connectivity index (χ0n) is 9.38. The largest absolute Gasteiger partial charge is 0.341 e. The van der Waals surface area contributed by atoms with Gasteiger partial charge in [-0.15, -0.1) is 0 Å². The topological polar surface area (TPSA) is 32.3 Å².